The van der Waals surface area contributed by atoms with Crippen LogP contribution in [-0.4, -0.2) is 228 Å². The number of hydrogen-bond donors (Lipinski definition) is 8. The van der Waals surface area contributed by atoms with Crippen molar-refractivity contribution >= 4 is 54.0 Å². The lowest BCUT2D eigenvalue weighted by molar-refractivity contribution is -0.176. The van der Waals surface area contributed by atoms with Crippen LogP contribution in [0.5, 0.6) is 0 Å². The van der Waals surface area contributed by atoms with Gasteiger partial charge in [0.25, 0.3) is 11.8 Å². The van der Waals surface area contributed by atoms with Crippen LogP contribution in [0.2, 0.25) is 0 Å². The quantitative estimate of drug-likeness (QED) is 0.0914. The summed E-state index contributed by atoms with van der Waals surface area (Å²) in [6.45, 7) is 31.5. The van der Waals surface area contributed by atoms with Gasteiger partial charge in [-0.3, -0.25) is 38.6 Å². The number of aldehydes is 1. The molecule has 0 aliphatic carbocycles. The maximum absolute atomic E-state index is 13.0. The second-order valence-electron chi connectivity index (χ2n) is 24.9. The molecule has 0 aromatic carbocycles. The smallest absolute Gasteiger partial charge is 0.446 e. The molecule has 0 radical (unpaired) electrons. The third-order valence-electron chi connectivity index (χ3n) is 13.9. The number of carboxylic acid groups (broad SMARTS) is 1. The Morgan fingerprint density at radius 2 is 0.963 bits per heavy atom. The molecule has 466 valence electrons. The average molecular weight is 1170 g/mol. The summed E-state index contributed by atoms with van der Waals surface area (Å²) in [6, 6.07) is -3.04. The van der Waals surface area contributed by atoms with Crippen LogP contribution in [-0.2, 0) is 43.0 Å². The van der Waals surface area contributed by atoms with Crippen molar-refractivity contribution in [1.29, 1.82) is 0 Å². The number of carboxylic acids is 1. The first-order valence-electron chi connectivity index (χ1n) is 27.8. The molecule has 3 spiro atoms. The molecular weight excluding hydrogens is 1070 g/mol. The molecule has 27 heteroatoms. The number of aliphatic hydroxyl groups excluding tert-OH is 3. The summed E-state index contributed by atoms with van der Waals surface area (Å²) in [5.41, 5.74) is 1.41. The van der Waals surface area contributed by atoms with Crippen molar-refractivity contribution in [2.75, 3.05) is 58.9 Å². The molecule has 6 fully saturated rings. The van der Waals surface area contributed by atoms with E-state index in [1.54, 1.807) is 48.5 Å². The van der Waals surface area contributed by atoms with Crippen molar-refractivity contribution in [2.24, 2.45) is 23.5 Å². The molecule has 24 nitrogen and oxygen atoms in total. The number of ether oxygens (including phenoxy) is 2. The molecule has 6 aliphatic rings. The van der Waals surface area contributed by atoms with Crippen LogP contribution in [0.25, 0.3) is 0 Å². The molecule has 9 atom stereocenters. The number of amides is 7. The number of likely N-dealkylation sites (tertiary alicyclic amines) is 5. The number of carbonyl (C=O) groups excluding carboxylic acids is 8. The molecule has 0 aromatic heterocycles. The highest BCUT2D eigenvalue weighted by atomic mass is 19.4. The Labute approximate surface area is 474 Å². The number of alkyl halides is 3. The van der Waals surface area contributed by atoms with E-state index in [1.165, 1.54) is 33.4 Å². The van der Waals surface area contributed by atoms with Gasteiger partial charge in [0.1, 0.15) is 39.9 Å². The van der Waals surface area contributed by atoms with Crippen molar-refractivity contribution in [1.82, 2.24) is 40.4 Å². The van der Waals surface area contributed by atoms with Crippen LogP contribution in [0.4, 0.5) is 22.8 Å². The van der Waals surface area contributed by atoms with Crippen molar-refractivity contribution in [3.63, 3.8) is 0 Å². The number of nitrogens with two attached hydrogens (primary N) is 1. The first kappa shape index (κ1) is 71.7. The number of hydrogen-bond acceptors (Lipinski definition) is 16. The number of rotatable bonds is 14. The van der Waals surface area contributed by atoms with Crippen molar-refractivity contribution in [3.05, 3.63) is 0 Å². The number of halogens is 3. The SMILES string of the molecule is CC(C)CN.CC(C)CNC(=O)[C@H]([C@@H](C)O)N1CC2(CCCN2)C1=O.CC(C)CNC(=O)[C@H]([C@@H](C)O)N1CC2(CCCN2C(=O)OC(C)(C)C)C1=O.C[C@@H](O)[C@@H](C(=O)O)N1CC2(CCCN2C(=O)OC(C)(C)C)C1=O.O=CC(F)(F)F. The van der Waals surface area contributed by atoms with Crippen LogP contribution >= 0.6 is 0 Å². The van der Waals surface area contributed by atoms with Crippen LogP contribution in [0.3, 0.4) is 0 Å². The zero-order valence-electron chi connectivity index (χ0n) is 50.1. The van der Waals surface area contributed by atoms with E-state index >= 15 is 0 Å². The lowest BCUT2D eigenvalue weighted by Crippen LogP contribution is -2.77. The predicted molar refractivity (Wildman–Crippen MR) is 291 cm³/mol. The van der Waals surface area contributed by atoms with Crippen LogP contribution < -0.4 is 21.7 Å². The Kier molecular flexibility index (Phi) is 25.9. The summed E-state index contributed by atoms with van der Waals surface area (Å²) in [4.78, 5) is 114. The number of nitrogens with zero attached hydrogens (tertiary/aromatic N) is 5. The standard InChI is InChI=1S/C19H33N3O5.C15H24N2O6.C14H25N3O3.C4H11N.C2HF3O/c1-12(2)10-20-15(24)14(13(3)23)21-11-19(16(21)25)8-7-9-22(19)17(26)27-18(4,5)6;1-9(18)10(11(19)20)16-8-15(12(16)21)6-5-7-17(15)13(22)23-14(2,3)4;1-9(2)7-15-12(19)11(10(3)18)17-8-14(13(17)20)5-4-6-16-14;1-4(2)3-5;3-2(4,5)1-6/h12-14,23H,7-11H2,1-6H3,(H,20,24);9-10,18H,5-8H2,1-4H3,(H,19,20);9-11,16,18H,4-8H2,1-3H3,(H,15,19);4H,3,5H2,1-2H3;1H/t13-,14+,19?;9-,10+,15?;10-,11+,14?;;/m111../s1. The Balaban J connectivity index is 0.000000382. The van der Waals surface area contributed by atoms with Gasteiger partial charge in [0.05, 0.1) is 31.4 Å². The van der Waals surface area contributed by atoms with Crippen molar-refractivity contribution in [2.45, 2.75) is 213 Å². The molecular formula is C54H94F3N9O15. The van der Waals surface area contributed by atoms with E-state index < -0.39 is 101 Å². The number of nitrogens with one attached hydrogen (secondary N) is 3. The predicted octanol–water partition coefficient (Wildman–Crippen LogP) is 2.37. The first-order valence-corrected chi connectivity index (χ1v) is 27.8. The van der Waals surface area contributed by atoms with E-state index in [0.29, 0.717) is 70.2 Å². The fourth-order valence-corrected chi connectivity index (χ4v) is 9.96. The van der Waals surface area contributed by atoms with Gasteiger partial charge in [-0.1, -0.05) is 41.5 Å². The highest BCUT2D eigenvalue weighted by Gasteiger charge is 2.64. The molecule has 0 aromatic rings. The maximum atomic E-state index is 13.0. The van der Waals surface area contributed by atoms with Gasteiger partial charge in [0.15, 0.2) is 6.04 Å². The lowest BCUT2D eigenvalue weighted by Gasteiger charge is -2.53. The van der Waals surface area contributed by atoms with E-state index in [0.717, 1.165) is 30.8 Å². The van der Waals surface area contributed by atoms with E-state index in [9.17, 15) is 72.0 Å². The third-order valence-corrected chi connectivity index (χ3v) is 13.9. The van der Waals surface area contributed by atoms with Gasteiger partial charge in [0, 0.05) is 32.7 Å². The zero-order valence-corrected chi connectivity index (χ0v) is 50.1. The average Bonchev–Trinajstić information content (AvgIpc) is 4.13. The Hall–Kier alpha value is -5.38. The molecule has 81 heavy (non-hydrogen) atoms. The molecule has 9 N–H and O–H groups in total. The van der Waals surface area contributed by atoms with Crippen LogP contribution in [0.1, 0.15) is 142 Å². The second kappa shape index (κ2) is 29.2. The lowest BCUT2D eigenvalue weighted by atomic mass is 9.83. The minimum absolute atomic E-state index is 0.0550. The first-order chi connectivity index (χ1) is 37.1. The maximum Gasteiger partial charge on any atom is 0.446 e. The fourth-order valence-electron chi connectivity index (χ4n) is 9.96. The zero-order chi connectivity index (χ0) is 62.6. The minimum atomic E-state index is -4.64. The Morgan fingerprint density at radius 3 is 1.21 bits per heavy atom. The van der Waals surface area contributed by atoms with Gasteiger partial charge in [-0.15, -0.1) is 0 Å². The molecule has 0 saturated carbocycles. The molecule has 3 unspecified atom stereocenters. The molecule has 6 aliphatic heterocycles. The normalized spacial score (nSPS) is 24.4. The molecule has 6 rings (SSSR count). The van der Waals surface area contributed by atoms with E-state index in [2.05, 4.69) is 29.8 Å². The summed E-state index contributed by atoms with van der Waals surface area (Å²) < 4.78 is 42.0. The van der Waals surface area contributed by atoms with E-state index in [-0.39, 0.29) is 42.6 Å². The Morgan fingerprint density at radius 1 is 0.617 bits per heavy atom. The fraction of sp³-hybridized carbons (Fsp3) is 0.833. The highest BCUT2D eigenvalue weighted by molar-refractivity contribution is 6.01. The van der Waals surface area contributed by atoms with Crippen molar-refractivity contribution in [3.8, 4) is 0 Å². The minimum Gasteiger partial charge on any atom is -0.480 e. The molecule has 6 saturated heterocycles. The van der Waals surface area contributed by atoms with E-state index in [4.69, 9.17) is 20.0 Å². The summed E-state index contributed by atoms with van der Waals surface area (Å²) in [7, 11) is 0. The number of β-lactam (4-membered cyclic amide) rings is 3. The Bertz CT molecular complexity index is 2180. The van der Waals surface area contributed by atoms with Gasteiger partial charge >= 0.3 is 24.3 Å². The van der Waals surface area contributed by atoms with Crippen LogP contribution in [0, 0.1) is 17.8 Å². The van der Waals surface area contributed by atoms with Gasteiger partial charge in [-0.2, -0.15) is 13.2 Å². The number of aliphatic hydroxyl groups is 3. The number of aliphatic carboxylic acids is 1. The monoisotopic (exact) mass is 1170 g/mol. The highest BCUT2D eigenvalue weighted by Crippen LogP contribution is 2.43. The second-order valence-corrected chi connectivity index (χ2v) is 24.9. The molecule has 7 amide bonds. The largest absolute Gasteiger partial charge is 0.480 e. The van der Waals surface area contributed by atoms with Gasteiger partial charge in [-0.25, -0.2) is 14.4 Å². The van der Waals surface area contributed by atoms with Gasteiger partial charge < -0.3 is 66.3 Å². The molecule has 6 heterocycles. The van der Waals surface area contributed by atoms with Crippen molar-refractivity contribution < 1.29 is 86.2 Å². The van der Waals surface area contributed by atoms with Gasteiger partial charge in [-0.05, 0) is 132 Å². The van der Waals surface area contributed by atoms with Gasteiger partial charge in [0.2, 0.25) is 24.0 Å². The molecule has 0 bridgehead atoms. The summed E-state index contributed by atoms with van der Waals surface area (Å²) >= 11 is 0. The van der Waals surface area contributed by atoms with Crippen LogP contribution in [0.15, 0.2) is 0 Å². The van der Waals surface area contributed by atoms with E-state index in [1.807, 2.05) is 27.7 Å². The topological polar surface area (TPSA) is 331 Å². The summed E-state index contributed by atoms with van der Waals surface area (Å²) in [5.74, 6) is -1.42. The summed E-state index contributed by atoms with van der Waals surface area (Å²) in [5, 5.41) is 47.6. The third kappa shape index (κ3) is 19.1. The summed E-state index contributed by atoms with van der Waals surface area (Å²) in [6.07, 6.45) is -5.64. The number of carbonyl (C=O) groups is 9.